The molecule has 11 unspecified atom stereocenters. The van der Waals surface area contributed by atoms with E-state index in [0.29, 0.717) is 5.56 Å². The number of ether oxygens (including phenoxy) is 7. The van der Waals surface area contributed by atoms with Gasteiger partial charge in [0.1, 0.15) is 72.7 Å². The van der Waals surface area contributed by atoms with E-state index in [1.807, 2.05) is 0 Å². The molecule has 2 aromatic carbocycles. The van der Waals surface area contributed by atoms with Gasteiger partial charge < -0.3 is 89.3 Å². The number of hydrogen-bond acceptors (Lipinski definition) is 18. The van der Waals surface area contributed by atoms with Gasteiger partial charge in [-0.2, -0.15) is 0 Å². The highest BCUT2D eigenvalue weighted by atomic mass is 16.7. The van der Waals surface area contributed by atoms with E-state index in [9.17, 15) is 61.0 Å². The average Bonchev–Trinajstić information content (AvgIpc) is 3.18. The van der Waals surface area contributed by atoms with Crippen LogP contribution in [0.3, 0.4) is 0 Å². The Balaban J connectivity index is 1.30. The van der Waals surface area contributed by atoms with Gasteiger partial charge in [-0.3, -0.25) is 0 Å². The van der Waals surface area contributed by atoms with Crippen molar-refractivity contribution in [2.75, 3.05) is 20.3 Å². The molecule has 0 spiro atoms. The van der Waals surface area contributed by atoms with Crippen LogP contribution < -0.4 is 4.74 Å². The second-order valence-electron chi connectivity index (χ2n) is 13.0. The molecule has 1 aliphatic carbocycles. The number of hydrogen-bond donors (Lipinski definition) is 11. The number of phenols is 3. The van der Waals surface area contributed by atoms with Crippen LogP contribution in [-0.2, 0) is 28.5 Å². The Morgan fingerprint density at radius 1 is 0.821 bits per heavy atom. The first-order valence-corrected chi connectivity index (χ1v) is 17.1. The normalized spacial score (nSPS) is 31.7. The highest BCUT2D eigenvalue weighted by Crippen LogP contribution is 2.43. The number of benzene rings is 2. The van der Waals surface area contributed by atoms with E-state index < -0.39 is 98.2 Å². The first-order chi connectivity index (χ1) is 26.7. The highest BCUT2D eigenvalue weighted by molar-refractivity contribution is 5.87. The van der Waals surface area contributed by atoms with E-state index in [4.69, 9.17) is 28.4 Å². The predicted molar refractivity (Wildman–Crippen MR) is 187 cm³/mol. The lowest BCUT2D eigenvalue weighted by Gasteiger charge is -2.41. The molecule has 302 valence electrons. The molecule has 2 saturated heterocycles. The highest BCUT2D eigenvalue weighted by Gasteiger charge is 2.49. The first-order valence-electron chi connectivity index (χ1n) is 17.1. The largest absolute Gasteiger partial charge is 0.571 e. The molecule has 0 amide bonds. The summed E-state index contributed by atoms with van der Waals surface area (Å²) in [4.78, 5) is 12.5. The molecule has 19 heteroatoms. The summed E-state index contributed by atoms with van der Waals surface area (Å²) in [6, 6.07) is 8.33. The van der Waals surface area contributed by atoms with Crippen molar-refractivity contribution in [3.05, 3.63) is 94.7 Å². The maximum absolute atomic E-state index is 12.5. The molecule has 56 heavy (non-hydrogen) atoms. The van der Waals surface area contributed by atoms with Gasteiger partial charge in [0.05, 0.1) is 30.9 Å². The summed E-state index contributed by atoms with van der Waals surface area (Å²) >= 11 is 0. The molecule has 6 rings (SSSR count). The second kappa shape index (κ2) is 16.8. The number of allylic oxidation sites excluding steroid dienone is 2. The summed E-state index contributed by atoms with van der Waals surface area (Å²) in [7, 11) is 1.23. The minimum Gasteiger partial charge on any atom is -0.571 e. The van der Waals surface area contributed by atoms with Crippen LogP contribution in [0.2, 0.25) is 0 Å². The van der Waals surface area contributed by atoms with Gasteiger partial charge >= 0.3 is 11.7 Å². The van der Waals surface area contributed by atoms with Crippen molar-refractivity contribution in [3.63, 3.8) is 0 Å². The Bertz CT molecular complexity index is 1920. The van der Waals surface area contributed by atoms with Crippen LogP contribution in [0.25, 0.3) is 11.8 Å². The summed E-state index contributed by atoms with van der Waals surface area (Å²) in [5.41, 5.74) is 0.752. The number of aliphatic hydroxyl groups excluding tert-OH is 8. The lowest BCUT2D eigenvalue weighted by atomic mass is 9.96. The molecule has 0 aromatic heterocycles. The molecule has 2 fully saturated rings. The van der Waals surface area contributed by atoms with Crippen LogP contribution in [0, 0.1) is 0 Å². The maximum Gasteiger partial charge on any atom is 0.330 e. The first kappa shape index (κ1) is 40.3. The van der Waals surface area contributed by atoms with Crippen LogP contribution in [0.5, 0.6) is 23.0 Å². The maximum atomic E-state index is 12.5. The van der Waals surface area contributed by atoms with Crippen molar-refractivity contribution in [2.45, 2.75) is 67.5 Å². The van der Waals surface area contributed by atoms with Crippen molar-refractivity contribution < 1.29 is 94.1 Å². The van der Waals surface area contributed by atoms with Crippen LogP contribution in [0.4, 0.5) is 0 Å². The molecule has 3 heterocycles. The van der Waals surface area contributed by atoms with Crippen molar-refractivity contribution >= 4 is 17.8 Å². The number of aliphatic hydroxyl groups is 10. The molecular formula is C37H41O19+. The van der Waals surface area contributed by atoms with E-state index in [0.717, 1.165) is 18.2 Å². The number of carbonyl (C=O) groups is 1. The summed E-state index contributed by atoms with van der Waals surface area (Å²) < 4.78 is 38.2. The zero-order valence-electron chi connectivity index (χ0n) is 29.3. The Morgan fingerprint density at radius 3 is 2.12 bits per heavy atom. The molecule has 2 aromatic rings. The van der Waals surface area contributed by atoms with Crippen molar-refractivity contribution in [3.8, 4) is 23.0 Å². The van der Waals surface area contributed by atoms with Crippen molar-refractivity contribution in [2.24, 2.45) is 0 Å². The zero-order chi connectivity index (χ0) is 40.4. The monoisotopic (exact) mass is 789 g/mol. The number of phenolic OH excluding ortho intramolecular Hbond substituents is 3. The third-order valence-electron chi connectivity index (χ3n) is 9.25. The van der Waals surface area contributed by atoms with E-state index in [1.54, 1.807) is 12.1 Å². The molecule has 0 radical (unpaired) electrons. The van der Waals surface area contributed by atoms with Crippen LogP contribution in [0.15, 0.2) is 83.6 Å². The van der Waals surface area contributed by atoms with Crippen LogP contribution in [0.1, 0.15) is 11.1 Å². The number of aromatic hydroxyl groups is 3. The van der Waals surface area contributed by atoms with E-state index in [-0.39, 0.29) is 45.7 Å². The summed E-state index contributed by atoms with van der Waals surface area (Å²) in [5.74, 6) is -3.14. The van der Waals surface area contributed by atoms with Gasteiger partial charge in [0, 0.05) is 30.4 Å². The van der Waals surface area contributed by atoms with E-state index in [1.165, 1.54) is 43.5 Å². The van der Waals surface area contributed by atoms with Crippen LogP contribution in [-0.4, -0.2) is 155 Å². The molecule has 19 nitrogen and oxygen atoms in total. The standard InChI is InChI=1S/C37H40O19/c1-50-23-9-16(8-20(41)28(23)43)35-24(12-19-21(52-35)10-18(40)11-22(19)53-36-33(48)31(46)29(44)25(13-38)55-36)54-37-34(49)32(47)30(45)26(56-37)14-51-27(42)7-4-15-2-5-17(39)6-3-15/h2-12,21,25-26,29-34,36-41,43-49H,13-14H2,1H3/p+1. The number of rotatable bonds is 11. The fourth-order valence-electron chi connectivity index (χ4n) is 6.16. The molecule has 0 saturated carbocycles. The number of fused-ring (bicyclic) bond motifs is 1. The summed E-state index contributed by atoms with van der Waals surface area (Å²) in [6.45, 7) is -1.36. The van der Waals surface area contributed by atoms with Crippen molar-refractivity contribution in [1.82, 2.24) is 0 Å². The van der Waals surface area contributed by atoms with Gasteiger partial charge in [-0.1, -0.05) is 12.1 Å². The van der Waals surface area contributed by atoms with Gasteiger partial charge in [-0.25, -0.2) is 4.79 Å². The SMILES string of the molecule is COc1cc(C2=C(OC3OC(COC(=O)C=Cc4ccc(O)cc4)C(O)C(O)C3O)C=C3C(OC4OC(CO)C(O)C(O)C4O)=CC(O)=CC3[OH+]2)cc(O)c1O. The lowest BCUT2D eigenvalue weighted by molar-refractivity contribution is -0.292. The Hall–Kier alpha value is -5.35. The molecule has 3 aliphatic heterocycles. The van der Waals surface area contributed by atoms with Crippen LogP contribution >= 0.6 is 0 Å². The van der Waals surface area contributed by atoms with Gasteiger partial charge in [0.25, 0.3) is 0 Å². The number of methoxy groups -OCH3 is 1. The zero-order valence-corrected chi connectivity index (χ0v) is 29.3. The molecule has 11 atom stereocenters. The predicted octanol–water partition coefficient (Wildman–Crippen LogP) is -1.45. The minimum atomic E-state index is -1.92. The third-order valence-corrected chi connectivity index (χ3v) is 9.25. The quantitative estimate of drug-likeness (QED) is 0.0537. The Kier molecular flexibility index (Phi) is 12.1. The molecule has 0 bridgehead atoms. The summed E-state index contributed by atoms with van der Waals surface area (Å²) in [5, 5.41) is 114. The van der Waals surface area contributed by atoms with Gasteiger partial charge in [-0.15, -0.1) is 0 Å². The molecular weight excluding hydrogens is 748 g/mol. The lowest BCUT2D eigenvalue weighted by Crippen LogP contribution is -2.59. The van der Waals surface area contributed by atoms with E-state index >= 15 is 0 Å². The Morgan fingerprint density at radius 2 is 1.46 bits per heavy atom. The fourth-order valence-corrected chi connectivity index (χ4v) is 6.16. The molecule has 4 aliphatic rings. The average molecular weight is 790 g/mol. The Labute approximate surface area is 317 Å². The number of carbonyl (C=O) groups excluding carboxylic acids is 1. The topological polar surface area (TPSA) is 308 Å². The van der Waals surface area contributed by atoms with E-state index in [2.05, 4.69) is 4.74 Å². The fraction of sp³-hybridized carbons (Fsp3) is 0.378. The smallest absolute Gasteiger partial charge is 0.330 e. The van der Waals surface area contributed by atoms with Gasteiger partial charge in [0.2, 0.25) is 30.2 Å². The third kappa shape index (κ3) is 8.40. The number of esters is 1. The summed E-state index contributed by atoms with van der Waals surface area (Å²) in [6.07, 6.45) is -12.0. The van der Waals surface area contributed by atoms with Gasteiger partial charge in [0.15, 0.2) is 11.5 Å². The second-order valence-corrected chi connectivity index (χ2v) is 13.0. The molecule has 12 N–H and O–H groups in total. The van der Waals surface area contributed by atoms with Gasteiger partial charge in [-0.05, 0) is 23.8 Å². The van der Waals surface area contributed by atoms with Crippen molar-refractivity contribution in [1.29, 1.82) is 0 Å². The minimum absolute atomic E-state index is 0.0283.